The minimum atomic E-state index is -3.86. The molecule has 7 rings (SSSR count). The molecule has 2 aliphatic heterocycles. The van der Waals surface area contributed by atoms with Crippen molar-refractivity contribution in [2.24, 2.45) is 5.92 Å². The molecule has 286 valence electrons. The van der Waals surface area contributed by atoms with Gasteiger partial charge >= 0.3 is 0 Å². The van der Waals surface area contributed by atoms with E-state index in [1.165, 1.54) is 12.1 Å². The van der Waals surface area contributed by atoms with Crippen LogP contribution in [0.1, 0.15) is 63.5 Å². The maximum atomic E-state index is 15.9. The third kappa shape index (κ3) is 7.18. The van der Waals surface area contributed by atoms with Crippen molar-refractivity contribution in [1.29, 1.82) is 0 Å². The predicted octanol–water partition coefficient (Wildman–Crippen LogP) is 5.58. The summed E-state index contributed by atoms with van der Waals surface area (Å²) in [5.74, 6) is -9.91. The minimum Gasteiger partial charge on any atom is -0.437 e. The summed E-state index contributed by atoms with van der Waals surface area (Å²) in [6.45, 7) is -0.301. The number of nitrogens with two attached hydrogens (primary N) is 1. The van der Waals surface area contributed by atoms with E-state index in [9.17, 15) is 32.7 Å². The van der Waals surface area contributed by atoms with E-state index in [2.05, 4.69) is 9.97 Å². The molecular weight excluding hydrogens is 736 g/mol. The smallest absolute Gasteiger partial charge is 0.295 e. The monoisotopic (exact) mass is 772 g/mol. The van der Waals surface area contributed by atoms with Crippen molar-refractivity contribution in [2.75, 3.05) is 31.9 Å². The van der Waals surface area contributed by atoms with E-state index < -0.39 is 77.7 Å². The number of likely N-dealkylation sites (tertiary alicyclic amines) is 2. The molecule has 3 atom stereocenters. The Hall–Kier alpha value is -4.90. The van der Waals surface area contributed by atoms with E-state index in [-0.39, 0.29) is 56.4 Å². The molecule has 3 fully saturated rings. The highest BCUT2D eigenvalue weighted by Gasteiger charge is 2.58. The van der Waals surface area contributed by atoms with Gasteiger partial charge in [-0.25, -0.2) is 31.9 Å². The van der Waals surface area contributed by atoms with Gasteiger partial charge in [0.25, 0.3) is 17.4 Å². The van der Waals surface area contributed by atoms with Crippen molar-refractivity contribution in [3.8, 4) is 11.6 Å². The third-order valence-electron chi connectivity index (χ3n) is 10.6. The van der Waals surface area contributed by atoms with Crippen LogP contribution in [0, 0.1) is 18.7 Å². The number of rotatable bonds is 8. The lowest BCUT2D eigenvalue weighted by atomic mass is 9.78. The highest BCUT2D eigenvalue weighted by atomic mass is 32.1. The first kappa shape index (κ1) is 37.4. The Labute approximate surface area is 310 Å². The lowest BCUT2D eigenvalue weighted by Gasteiger charge is -2.46. The summed E-state index contributed by atoms with van der Waals surface area (Å²) in [5, 5.41) is 11.8. The number of ether oxygens (including phenoxy) is 1. The fourth-order valence-corrected chi connectivity index (χ4v) is 8.54. The van der Waals surface area contributed by atoms with Crippen molar-refractivity contribution in [3.63, 3.8) is 0 Å². The molecule has 0 bridgehead atoms. The zero-order valence-electron chi connectivity index (χ0n) is 29.1. The summed E-state index contributed by atoms with van der Waals surface area (Å²) in [6, 6.07) is 13.8. The molecule has 0 spiro atoms. The van der Waals surface area contributed by atoms with Crippen LogP contribution < -0.4 is 16.0 Å². The topological polar surface area (TPSA) is 144 Å². The van der Waals surface area contributed by atoms with Crippen LogP contribution in [0.4, 0.5) is 27.6 Å². The molecular formula is C37H37F5N6O5S. The molecule has 4 aromatic rings. The summed E-state index contributed by atoms with van der Waals surface area (Å²) in [7, 11) is 0. The van der Waals surface area contributed by atoms with Gasteiger partial charge in [0.1, 0.15) is 28.4 Å². The summed E-state index contributed by atoms with van der Waals surface area (Å²) in [6.07, 6.45) is -0.0983. The third-order valence-corrected chi connectivity index (χ3v) is 11.9. The molecule has 0 radical (unpaired) electrons. The first-order chi connectivity index (χ1) is 25.5. The number of piperidine rings is 2. The number of carbonyl (C=O) groups is 2. The van der Waals surface area contributed by atoms with E-state index in [4.69, 9.17) is 10.5 Å². The quantitative estimate of drug-likeness (QED) is 0.221. The second kappa shape index (κ2) is 14.1. The number of benzene rings is 2. The molecule has 2 saturated heterocycles. The number of aliphatic hydroxyl groups is 1. The largest absolute Gasteiger partial charge is 0.437 e. The van der Waals surface area contributed by atoms with Crippen LogP contribution in [0.2, 0.25) is 0 Å². The molecule has 2 aromatic heterocycles. The highest BCUT2D eigenvalue weighted by Crippen LogP contribution is 2.49. The number of thiazole rings is 1. The fraction of sp³-hybridized carbons (Fsp3) is 0.432. The number of nitrogens with zero attached hydrogens (tertiary/aromatic N) is 5. The minimum absolute atomic E-state index is 0.111. The molecule has 3 aliphatic rings. The number of aromatic nitrogens is 3. The Balaban J connectivity index is 1.05. The second-order valence-corrected chi connectivity index (χ2v) is 15.3. The van der Waals surface area contributed by atoms with Gasteiger partial charge in [0.15, 0.2) is 5.69 Å². The summed E-state index contributed by atoms with van der Waals surface area (Å²) in [5.41, 5.74) is 2.91. The first-order valence-corrected chi connectivity index (χ1v) is 18.2. The molecule has 54 heavy (non-hydrogen) atoms. The van der Waals surface area contributed by atoms with Crippen LogP contribution in [-0.2, 0) is 11.3 Å². The second-order valence-electron chi connectivity index (χ2n) is 14.3. The standard InChI is InChI=1S/C37H37F5N6O5S/c1-21-29(54-31(45-21)23-15-36(39,40)16-23)34(51)46-13-11-26(27(17-46)22-5-3-2-4-6-22)32(49)47-14-12-35(52,37(41,42)19-47)18-48-20-44-30(28(43)33(48)50)53-25-9-7-24(38)8-10-25/h2-10,20,23,26-27,52H,11-19,43H2,1H3/t26-,27+,35+/m1/s1. The van der Waals surface area contributed by atoms with Crippen LogP contribution >= 0.6 is 11.3 Å². The van der Waals surface area contributed by atoms with Gasteiger partial charge in [-0.2, -0.15) is 0 Å². The lowest BCUT2D eigenvalue weighted by Crippen LogP contribution is -2.64. The number of halogens is 5. The average molecular weight is 773 g/mol. The van der Waals surface area contributed by atoms with Crippen LogP contribution in [0.25, 0.3) is 0 Å². The van der Waals surface area contributed by atoms with E-state index in [1.54, 1.807) is 30.0 Å². The molecule has 1 aliphatic carbocycles. The van der Waals surface area contributed by atoms with Gasteiger partial charge in [-0.1, -0.05) is 30.3 Å². The van der Waals surface area contributed by atoms with Crippen molar-refractivity contribution >= 4 is 28.8 Å². The number of aryl methyl sites for hydroxylation is 1. The molecule has 4 heterocycles. The van der Waals surface area contributed by atoms with Gasteiger partial charge in [-0.3, -0.25) is 19.0 Å². The van der Waals surface area contributed by atoms with Crippen LogP contribution in [0.15, 0.2) is 65.7 Å². The SMILES string of the molecule is Cc1nc(C2CC(F)(F)C2)sc1C(=O)N1CC[C@@H](C(=O)N2CC[C@](O)(Cn3cnc(Oc4ccc(F)cc4)c(N)c3=O)C(F)(F)C2)[C@H](c2ccccc2)C1. The van der Waals surface area contributed by atoms with Gasteiger partial charge in [0.05, 0.1) is 23.8 Å². The predicted molar refractivity (Wildman–Crippen MR) is 187 cm³/mol. The van der Waals surface area contributed by atoms with Crippen molar-refractivity contribution in [2.45, 2.75) is 68.4 Å². The zero-order valence-corrected chi connectivity index (χ0v) is 29.9. The number of nitrogen functional groups attached to an aromatic ring is 1. The Morgan fingerprint density at radius 2 is 1.74 bits per heavy atom. The van der Waals surface area contributed by atoms with Gasteiger partial charge in [0.2, 0.25) is 17.7 Å². The van der Waals surface area contributed by atoms with E-state index in [0.29, 0.717) is 15.6 Å². The number of carbonyl (C=O) groups excluding carboxylic acids is 2. The Morgan fingerprint density at radius 3 is 2.41 bits per heavy atom. The summed E-state index contributed by atoms with van der Waals surface area (Å²) < 4.78 is 78.4. The molecule has 1 saturated carbocycles. The maximum Gasteiger partial charge on any atom is 0.295 e. The zero-order chi connectivity index (χ0) is 38.6. The molecule has 11 nitrogen and oxygen atoms in total. The maximum absolute atomic E-state index is 15.9. The Bertz CT molecular complexity index is 2110. The number of hydrogen-bond acceptors (Lipinski definition) is 9. The number of hydrogen-bond donors (Lipinski definition) is 2. The van der Waals surface area contributed by atoms with Crippen molar-refractivity contribution in [1.82, 2.24) is 24.3 Å². The highest BCUT2D eigenvalue weighted by molar-refractivity contribution is 7.13. The summed E-state index contributed by atoms with van der Waals surface area (Å²) >= 11 is 1.11. The van der Waals surface area contributed by atoms with Crippen LogP contribution in [0.3, 0.4) is 0 Å². The van der Waals surface area contributed by atoms with Gasteiger partial charge in [0, 0.05) is 56.7 Å². The van der Waals surface area contributed by atoms with Crippen LogP contribution in [0.5, 0.6) is 11.6 Å². The van der Waals surface area contributed by atoms with Gasteiger partial charge < -0.3 is 25.4 Å². The first-order valence-electron chi connectivity index (χ1n) is 17.4. The normalized spacial score (nSPS) is 23.8. The van der Waals surface area contributed by atoms with E-state index in [0.717, 1.165) is 44.8 Å². The molecule has 17 heteroatoms. The average Bonchev–Trinajstić information content (AvgIpc) is 3.53. The Kier molecular flexibility index (Phi) is 9.75. The van der Waals surface area contributed by atoms with Crippen molar-refractivity contribution < 1.29 is 41.4 Å². The molecule has 3 N–H and O–H groups in total. The fourth-order valence-electron chi connectivity index (χ4n) is 7.41. The number of anilines is 1. The number of alkyl halides is 4. The molecule has 2 aromatic carbocycles. The lowest BCUT2D eigenvalue weighted by molar-refractivity contribution is -0.223. The molecule has 2 amide bonds. The molecule has 0 unspecified atom stereocenters. The Morgan fingerprint density at radius 1 is 1.04 bits per heavy atom. The number of amides is 2. The van der Waals surface area contributed by atoms with Crippen LogP contribution in [-0.4, -0.2) is 84.9 Å². The van der Waals surface area contributed by atoms with Gasteiger partial charge in [-0.05, 0) is 43.2 Å². The van der Waals surface area contributed by atoms with E-state index in [1.807, 2.05) is 12.1 Å². The van der Waals surface area contributed by atoms with E-state index >= 15 is 8.78 Å². The summed E-state index contributed by atoms with van der Waals surface area (Å²) in [4.78, 5) is 52.2. The van der Waals surface area contributed by atoms with Gasteiger partial charge in [-0.15, -0.1) is 11.3 Å². The van der Waals surface area contributed by atoms with Crippen molar-refractivity contribution in [3.05, 3.63) is 98.2 Å².